The molecule has 0 heterocycles. The van der Waals surface area contributed by atoms with E-state index in [0.717, 1.165) is 12.8 Å². The molecular weight excluding hydrogens is 300 g/mol. The lowest BCUT2D eigenvalue weighted by Crippen LogP contribution is -1.98. The Morgan fingerprint density at radius 1 is 1.04 bits per heavy atom. The molecule has 0 bridgehead atoms. The summed E-state index contributed by atoms with van der Waals surface area (Å²) in [5.41, 5.74) is 1.20. The summed E-state index contributed by atoms with van der Waals surface area (Å²) in [7, 11) is 0. The van der Waals surface area contributed by atoms with Crippen LogP contribution in [0, 0.1) is 0 Å². The summed E-state index contributed by atoms with van der Waals surface area (Å²) in [4.78, 5) is 12.1. The predicted molar refractivity (Wildman–Crippen MR) is 97.6 cm³/mol. The van der Waals surface area contributed by atoms with Crippen molar-refractivity contribution in [1.29, 1.82) is 0 Å². The third-order valence-electron chi connectivity index (χ3n) is 3.76. The first-order valence-corrected chi connectivity index (χ1v) is 8.44. The van der Waals surface area contributed by atoms with Crippen LogP contribution in [0.15, 0.2) is 54.6 Å². The van der Waals surface area contributed by atoms with E-state index in [1.54, 1.807) is 30.3 Å². The van der Waals surface area contributed by atoms with Crippen LogP contribution < -0.4 is 4.74 Å². The number of ketones is 1. The van der Waals surface area contributed by atoms with Crippen molar-refractivity contribution in [3.8, 4) is 11.5 Å². The molecule has 2 rings (SSSR count). The van der Waals surface area contributed by atoms with Gasteiger partial charge in [0, 0.05) is 11.1 Å². The molecule has 2 aromatic carbocycles. The number of para-hydroxylation sites is 1. The average molecular weight is 324 g/mol. The number of carbonyl (C=O) groups excluding carboxylic acids is 1. The molecule has 0 unspecified atom stereocenters. The summed E-state index contributed by atoms with van der Waals surface area (Å²) in [5, 5.41) is 10.3. The van der Waals surface area contributed by atoms with E-state index in [9.17, 15) is 9.90 Å². The number of aromatic hydroxyl groups is 1. The quantitative estimate of drug-likeness (QED) is 0.389. The minimum Gasteiger partial charge on any atom is -0.504 e. The van der Waals surface area contributed by atoms with Gasteiger partial charge in [0.05, 0.1) is 6.61 Å². The van der Waals surface area contributed by atoms with Crippen molar-refractivity contribution in [3.63, 3.8) is 0 Å². The highest BCUT2D eigenvalue weighted by Crippen LogP contribution is 2.31. The van der Waals surface area contributed by atoms with Crippen LogP contribution in [0.4, 0.5) is 0 Å². The zero-order valence-electron chi connectivity index (χ0n) is 14.1. The van der Waals surface area contributed by atoms with Gasteiger partial charge in [0.2, 0.25) is 0 Å². The van der Waals surface area contributed by atoms with Crippen LogP contribution in [0.3, 0.4) is 0 Å². The Morgan fingerprint density at radius 3 is 2.58 bits per heavy atom. The number of hydrogen-bond acceptors (Lipinski definition) is 3. The van der Waals surface area contributed by atoms with E-state index in [0.29, 0.717) is 23.5 Å². The monoisotopic (exact) mass is 324 g/mol. The molecule has 0 spiro atoms. The van der Waals surface area contributed by atoms with Crippen LogP contribution in [0.1, 0.15) is 48.5 Å². The number of ether oxygens (including phenoxy) is 1. The van der Waals surface area contributed by atoms with Crippen molar-refractivity contribution in [2.24, 2.45) is 0 Å². The number of rotatable bonds is 9. The SMILES string of the molecule is CCCCCCOc1cccc(/C=C/C(=O)c2ccccc2)c1O. The standard InChI is InChI=1S/C21H24O3/c1-2-3-4-8-16-24-20-13-9-12-18(21(20)23)14-15-19(22)17-10-6-5-7-11-17/h5-7,9-15,23H,2-4,8,16H2,1H3/b15-14+. The summed E-state index contributed by atoms with van der Waals surface area (Å²) in [6.45, 7) is 2.75. The van der Waals surface area contributed by atoms with E-state index in [1.807, 2.05) is 24.3 Å². The van der Waals surface area contributed by atoms with Gasteiger partial charge in [0.15, 0.2) is 17.3 Å². The van der Waals surface area contributed by atoms with Gasteiger partial charge >= 0.3 is 0 Å². The summed E-state index contributed by atoms with van der Waals surface area (Å²) >= 11 is 0. The molecule has 1 N–H and O–H groups in total. The molecule has 2 aromatic rings. The highest BCUT2D eigenvalue weighted by Gasteiger charge is 2.07. The van der Waals surface area contributed by atoms with Crippen LogP contribution in [-0.2, 0) is 0 Å². The second-order valence-corrected chi connectivity index (χ2v) is 5.67. The lowest BCUT2D eigenvalue weighted by molar-refractivity contribution is 0.104. The first-order chi connectivity index (χ1) is 11.7. The van der Waals surface area contributed by atoms with Gasteiger partial charge in [-0.25, -0.2) is 0 Å². The Bertz CT molecular complexity index is 675. The van der Waals surface area contributed by atoms with E-state index in [2.05, 4.69) is 6.92 Å². The summed E-state index contributed by atoms with van der Waals surface area (Å²) in [5.74, 6) is 0.437. The predicted octanol–water partition coefficient (Wildman–Crippen LogP) is 5.25. The zero-order valence-corrected chi connectivity index (χ0v) is 14.1. The third kappa shape index (κ3) is 5.27. The van der Waals surface area contributed by atoms with E-state index in [-0.39, 0.29) is 11.5 Å². The molecule has 0 radical (unpaired) electrons. The van der Waals surface area contributed by atoms with E-state index in [1.165, 1.54) is 18.9 Å². The van der Waals surface area contributed by atoms with Crippen molar-refractivity contribution in [1.82, 2.24) is 0 Å². The number of allylic oxidation sites excluding steroid dienone is 1. The molecule has 3 nitrogen and oxygen atoms in total. The molecule has 0 fully saturated rings. The van der Waals surface area contributed by atoms with Crippen molar-refractivity contribution in [2.75, 3.05) is 6.61 Å². The number of carbonyl (C=O) groups is 1. The van der Waals surface area contributed by atoms with Gasteiger partial charge in [-0.1, -0.05) is 68.7 Å². The molecule has 0 aliphatic carbocycles. The maximum Gasteiger partial charge on any atom is 0.185 e. The number of phenols is 1. The molecule has 126 valence electrons. The fourth-order valence-corrected chi connectivity index (χ4v) is 2.37. The third-order valence-corrected chi connectivity index (χ3v) is 3.76. The molecule has 24 heavy (non-hydrogen) atoms. The van der Waals surface area contributed by atoms with Crippen molar-refractivity contribution in [3.05, 3.63) is 65.7 Å². The lowest BCUT2D eigenvalue weighted by atomic mass is 10.1. The molecule has 0 amide bonds. The van der Waals surface area contributed by atoms with Crippen molar-refractivity contribution >= 4 is 11.9 Å². The topological polar surface area (TPSA) is 46.5 Å². The molecule has 3 heteroatoms. The Kier molecular flexibility index (Phi) is 7.09. The second kappa shape index (κ2) is 9.56. The fraction of sp³-hybridized carbons (Fsp3) is 0.286. The van der Waals surface area contributed by atoms with Gasteiger partial charge in [0.1, 0.15) is 0 Å². The number of phenolic OH excluding ortho intramolecular Hbond substituents is 1. The largest absolute Gasteiger partial charge is 0.504 e. The Hall–Kier alpha value is -2.55. The van der Waals surface area contributed by atoms with Crippen LogP contribution in [0.2, 0.25) is 0 Å². The molecule has 0 aliphatic heterocycles. The minimum atomic E-state index is -0.0964. The highest BCUT2D eigenvalue weighted by atomic mass is 16.5. The summed E-state index contributed by atoms with van der Waals surface area (Å²) in [6.07, 6.45) is 7.56. The molecule has 0 aromatic heterocycles. The smallest absolute Gasteiger partial charge is 0.185 e. The molecule has 0 saturated carbocycles. The van der Waals surface area contributed by atoms with E-state index in [4.69, 9.17) is 4.74 Å². The summed E-state index contributed by atoms with van der Waals surface area (Å²) < 4.78 is 5.65. The Labute approximate surface area is 143 Å². The van der Waals surface area contributed by atoms with E-state index < -0.39 is 0 Å². The van der Waals surface area contributed by atoms with E-state index >= 15 is 0 Å². The van der Waals surface area contributed by atoms with Crippen LogP contribution in [0.5, 0.6) is 11.5 Å². The number of unbranched alkanes of at least 4 members (excludes halogenated alkanes) is 3. The van der Waals surface area contributed by atoms with Crippen LogP contribution in [-0.4, -0.2) is 17.5 Å². The first kappa shape index (κ1) is 17.8. The average Bonchev–Trinajstić information content (AvgIpc) is 2.62. The van der Waals surface area contributed by atoms with Crippen LogP contribution >= 0.6 is 0 Å². The maximum atomic E-state index is 12.1. The minimum absolute atomic E-state index is 0.0742. The Morgan fingerprint density at radius 2 is 1.83 bits per heavy atom. The van der Waals surface area contributed by atoms with Gasteiger partial charge in [0.25, 0.3) is 0 Å². The Balaban J connectivity index is 1.99. The van der Waals surface area contributed by atoms with Gasteiger partial charge in [-0.2, -0.15) is 0 Å². The van der Waals surface area contributed by atoms with Gasteiger partial charge in [-0.3, -0.25) is 4.79 Å². The highest BCUT2D eigenvalue weighted by molar-refractivity contribution is 6.06. The maximum absolute atomic E-state index is 12.1. The first-order valence-electron chi connectivity index (χ1n) is 8.44. The summed E-state index contributed by atoms with van der Waals surface area (Å²) in [6, 6.07) is 14.4. The van der Waals surface area contributed by atoms with Crippen molar-refractivity contribution < 1.29 is 14.6 Å². The molecule has 0 atom stereocenters. The molecule has 0 saturated heterocycles. The zero-order chi connectivity index (χ0) is 17.2. The van der Waals surface area contributed by atoms with Gasteiger partial charge in [-0.05, 0) is 24.6 Å². The van der Waals surface area contributed by atoms with Crippen LogP contribution in [0.25, 0.3) is 6.08 Å². The van der Waals surface area contributed by atoms with Gasteiger partial charge in [-0.15, -0.1) is 0 Å². The number of hydrogen-bond donors (Lipinski definition) is 1. The normalized spacial score (nSPS) is 10.9. The fourth-order valence-electron chi connectivity index (χ4n) is 2.37. The van der Waals surface area contributed by atoms with Crippen molar-refractivity contribution in [2.45, 2.75) is 32.6 Å². The lowest BCUT2D eigenvalue weighted by Gasteiger charge is -2.09. The second-order valence-electron chi connectivity index (χ2n) is 5.67. The number of benzene rings is 2. The molecule has 0 aliphatic rings. The van der Waals surface area contributed by atoms with Gasteiger partial charge < -0.3 is 9.84 Å². The molecular formula is C21H24O3.